The van der Waals surface area contributed by atoms with Crippen molar-refractivity contribution in [3.63, 3.8) is 0 Å². The van der Waals surface area contributed by atoms with Crippen LogP contribution >= 0.6 is 0 Å². The number of aliphatic hydroxyl groups is 2. The van der Waals surface area contributed by atoms with E-state index < -0.39 is 0 Å². The molecule has 184 valence electrons. The van der Waals surface area contributed by atoms with Crippen molar-refractivity contribution in [3.05, 3.63) is 11.7 Å². The number of ether oxygens (including phenoxy) is 2. The minimum absolute atomic E-state index is 0.00839. The van der Waals surface area contributed by atoms with Crippen LogP contribution in [0.15, 0.2) is 11.7 Å². The quantitative estimate of drug-likeness (QED) is 0.147. The highest BCUT2D eigenvalue weighted by Gasteiger charge is 2.23. The fourth-order valence-electron chi connectivity index (χ4n) is 4.49. The SMILES string of the molecule is CCCCCCCCCC1CCC(O/C(O)=C(\O)CCCCCOCCCCC)CC1. The molecule has 1 rings (SSSR count). The van der Waals surface area contributed by atoms with Crippen LogP contribution in [0, 0.1) is 5.92 Å². The highest BCUT2D eigenvalue weighted by molar-refractivity contribution is 4.92. The molecule has 0 aliphatic heterocycles. The van der Waals surface area contributed by atoms with Gasteiger partial charge >= 0.3 is 5.95 Å². The second-order valence-electron chi connectivity index (χ2n) is 9.55. The van der Waals surface area contributed by atoms with Crippen LogP contribution in [0.3, 0.4) is 0 Å². The summed E-state index contributed by atoms with van der Waals surface area (Å²) < 4.78 is 11.3. The maximum atomic E-state index is 10.1. The summed E-state index contributed by atoms with van der Waals surface area (Å²) in [4.78, 5) is 0. The maximum absolute atomic E-state index is 10.1. The van der Waals surface area contributed by atoms with E-state index in [1.165, 1.54) is 77.0 Å². The van der Waals surface area contributed by atoms with E-state index in [-0.39, 0.29) is 17.8 Å². The predicted octanol–water partition coefficient (Wildman–Crippen LogP) is 8.75. The summed E-state index contributed by atoms with van der Waals surface area (Å²) in [6.45, 7) is 6.11. The Morgan fingerprint density at radius 1 is 0.677 bits per heavy atom. The van der Waals surface area contributed by atoms with E-state index in [1.807, 2.05) is 0 Å². The molecular formula is C27H52O4. The van der Waals surface area contributed by atoms with Gasteiger partial charge in [0.2, 0.25) is 0 Å². The van der Waals surface area contributed by atoms with Crippen molar-refractivity contribution < 1.29 is 19.7 Å². The molecule has 0 amide bonds. The molecule has 0 heterocycles. The van der Waals surface area contributed by atoms with E-state index in [9.17, 15) is 10.2 Å². The van der Waals surface area contributed by atoms with E-state index in [0.29, 0.717) is 6.42 Å². The van der Waals surface area contributed by atoms with Gasteiger partial charge in [0, 0.05) is 19.6 Å². The molecule has 1 saturated carbocycles. The van der Waals surface area contributed by atoms with E-state index >= 15 is 0 Å². The Labute approximate surface area is 192 Å². The monoisotopic (exact) mass is 440 g/mol. The molecule has 0 aromatic heterocycles. The molecule has 0 radical (unpaired) electrons. The first kappa shape index (κ1) is 28.1. The van der Waals surface area contributed by atoms with Crippen molar-refractivity contribution in [1.82, 2.24) is 0 Å². The average molecular weight is 441 g/mol. The highest BCUT2D eigenvalue weighted by Crippen LogP contribution is 2.31. The molecule has 0 aromatic rings. The van der Waals surface area contributed by atoms with Gasteiger partial charge in [0.25, 0.3) is 0 Å². The topological polar surface area (TPSA) is 58.9 Å². The van der Waals surface area contributed by atoms with Gasteiger partial charge in [-0.15, -0.1) is 0 Å². The third kappa shape index (κ3) is 15.5. The molecule has 0 atom stereocenters. The third-order valence-corrected chi connectivity index (χ3v) is 6.63. The van der Waals surface area contributed by atoms with Gasteiger partial charge in [0.15, 0.2) is 5.76 Å². The Bertz CT molecular complexity index is 427. The fraction of sp³-hybridized carbons (Fsp3) is 0.926. The molecule has 31 heavy (non-hydrogen) atoms. The lowest BCUT2D eigenvalue weighted by atomic mass is 9.84. The molecule has 4 heteroatoms. The van der Waals surface area contributed by atoms with Crippen molar-refractivity contribution in [3.8, 4) is 0 Å². The number of hydrogen-bond donors (Lipinski definition) is 2. The number of rotatable bonds is 20. The molecule has 0 unspecified atom stereocenters. The number of hydrogen-bond acceptors (Lipinski definition) is 4. The van der Waals surface area contributed by atoms with Crippen molar-refractivity contribution in [2.45, 2.75) is 142 Å². The first-order chi connectivity index (χ1) is 15.2. The summed E-state index contributed by atoms with van der Waals surface area (Å²) >= 11 is 0. The van der Waals surface area contributed by atoms with Gasteiger partial charge in [-0.25, -0.2) is 0 Å². The first-order valence-corrected chi connectivity index (χ1v) is 13.5. The van der Waals surface area contributed by atoms with Crippen LogP contribution in [0.5, 0.6) is 0 Å². The second-order valence-corrected chi connectivity index (χ2v) is 9.55. The van der Waals surface area contributed by atoms with Crippen molar-refractivity contribution in [2.24, 2.45) is 5.92 Å². The van der Waals surface area contributed by atoms with E-state index in [2.05, 4.69) is 13.8 Å². The molecule has 1 fully saturated rings. The lowest BCUT2D eigenvalue weighted by Gasteiger charge is -2.28. The van der Waals surface area contributed by atoms with Gasteiger partial charge in [0.1, 0.15) is 6.10 Å². The van der Waals surface area contributed by atoms with Crippen LogP contribution < -0.4 is 0 Å². The van der Waals surface area contributed by atoms with Crippen LogP contribution in [-0.4, -0.2) is 29.5 Å². The first-order valence-electron chi connectivity index (χ1n) is 13.5. The minimum atomic E-state index is -0.244. The van der Waals surface area contributed by atoms with Gasteiger partial charge in [-0.1, -0.05) is 84.5 Å². The molecule has 0 bridgehead atoms. The second kappa shape index (κ2) is 19.8. The van der Waals surface area contributed by atoms with E-state index in [1.54, 1.807) is 0 Å². The zero-order chi connectivity index (χ0) is 22.6. The van der Waals surface area contributed by atoms with Crippen LogP contribution in [-0.2, 0) is 9.47 Å². The summed E-state index contributed by atoms with van der Waals surface area (Å²) in [5, 5.41) is 20.2. The number of unbranched alkanes of at least 4 members (excludes halogenated alkanes) is 10. The standard InChI is InChI=1S/C27H52O4/c1-3-5-7-8-9-10-12-16-24-18-20-25(21-19-24)31-27(29)26(28)17-13-11-15-23-30-22-14-6-4-2/h24-25,28-29H,3-23H2,1-2H3/b27-26-. The van der Waals surface area contributed by atoms with Crippen LogP contribution in [0.1, 0.15) is 136 Å². The largest absolute Gasteiger partial charge is 0.506 e. The van der Waals surface area contributed by atoms with Crippen molar-refractivity contribution >= 4 is 0 Å². The van der Waals surface area contributed by atoms with Crippen molar-refractivity contribution in [1.29, 1.82) is 0 Å². The normalized spacial score (nSPS) is 19.9. The summed E-state index contributed by atoms with van der Waals surface area (Å²) in [7, 11) is 0. The predicted molar refractivity (Wildman–Crippen MR) is 131 cm³/mol. The van der Waals surface area contributed by atoms with Gasteiger partial charge < -0.3 is 19.7 Å². The van der Waals surface area contributed by atoms with Crippen LogP contribution in [0.2, 0.25) is 0 Å². The molecular weight excluding hydrogens is 388 g/mol. The Kier molecular flexibility index (Phi) is 17.9. The smallest absolute Gasteiger partial charge is 0.316 e. The van der Waals surface area contributed by atoms with Gasteiger partial charge in [-0.3, -0.25) is 0 Å². The summed E-state index contributed by atoms with van der Waals surface area (Å²) in [6.07, 6.45) is 22.3. The maximum Gasteiger partial charge on any atom is 0.316 e. The molecule has 0 aromatic carbocycles. The summed E-state index contributed by atoms with van der Waals surface area (Å²) in [6, 6.07) is 0. The van der Waals surface area contributed by atoms with Crippen LogP contribution in [0.4, 0.5) is 0 Å². The zero-order valence-corrected chi connectivity index (χ0v) is 20.7. The van der Waals surface area contributed by atoms with E-state index in [0.717, 1.165) is 57.7 Å². The molecule has 0 spiro atoms. The van der Waals surface area contributed by atoms with Crippen molar-refractivity contribution in [2.75, 3.05) is 13.2 Å². The number of aliphatic hydroxyl groups excluding tert-OH is 2. The Hall–Kier alpha value is -0.900. The number of allylic oxidation sites excluding steroid dienone is 1. The van der Waals surface area contributed by atoms with Gasteiger partial charge in [-0.05, 0) is 50.9 Å². The van der Waals surface area contributed by atoms with Gasteiger partial charge in [0.05, 0.1) is 0 Å². The molecule has 0 saturated heterocycles. The zero-order valence-electron chi connectivity index (χ0n) is 20.7. The Balaban J connectivity index is 2.03. The molecule has 1 aliphatic rings. The summed E-state index contributed by atoms with van der Waals surface area (Å²) in [5.41, 5.74) is 0. The Morgan fingerprint density at radius 3 is 1.90 bits per heavy atom. The molecule has 4 nitrogen and oxygen atoms in total. The van der Waals surface area contributed by atoms with E-state index in [4.69, 9.17) is 9.47 Å². The molecule has 1 aliphatic carbocycles. The highest BCUT2D eigenvalue weighted by atomic mass is 16.6. The van der Waals surface area contributed by atoms with Gasteiger partial charge in [-0.2, -0.15) is 0 Å². The lowest BCUT2D eigenvalue weighted by Crippen LogP contribution is -2.22. The average Bonchev–Trinajstić information content (AvgIpc) is 2.78. The Morgan fingerprint density at radius 2 is 1.23 bits per heavy atom. The molecule has 2 N–H and O–H groups in total. The minimum Gasteiger partial charge on any atom is -0.506 e. The summed E-state index contributed by atoms with van der Waals surface area (Å²) in [5.74, 6) is 0.583. The fourth-order valence-corrected chi connectivity index (χ4v) is 4.49. The lowest BCUT2D eigenvalue weighted by molar-refractivity contribution is -0.00787. The third-order valence-electron chi connectivity index (χ3n) is 6.63. The van der Waals surface area contributed by atoms with Crippen LogP contribution in [0.25, 0.3) is 0 Å².